The Balaban J connectivity index is 1.79. The van der Waals surface area contributed by atoms with E-state index in [0.717, 1.165) is 9.87 Å². The molecule has 0 aromatic heterocycles. The van der Waals surface area contributed by atoms with E-state index >= 15 is 0 Å². The lowest BCUT2D eigenvalue weighted by Gasteiger charge is -2.25. The van der Waals surface area contributed by atoms with Crippen LogP contribution in [0.1, 0.15) is 45.2 Å². The van der Waals surface area contributed by atoms with Crippen molar-refractivity contribution in [3.63, 3.8) is 0 Å². The summed E-state index contributed by atoms with van der Waals surface area (Å²) in [6.07, 6.45) is 3.24. The highest BCUT2D eigenvalue weighted by molar-refractivity contribution is 7.93. The topological polar surface area (TPSA) is 126 Å². The van der Waals surface area contributed by atoms with Crippen LogP contribution in [-0.2, 0) is 24.3 Å². The number of nitrogens with zero attached hydrogens (tertiary/aromatic N) is 3. The molecule has 1 amide bonds. The molecule has 0 aliphatic carbocycles. The minimum Gasteiger partial charge on any atom is -0.488 e. The van der Waals surface area contributed by atoms with E-state index in [0.29, 0.717) is 36.5 Å². The van der Waals surface area contributed by atoms with Crippen LogP contribution in [0.15, 0.2) is 54.6 Å². The number of nitriles is 1. The minimum absolute atomic E-state index is 0.0640. The van der Waals surface area contributed by atoms with Crippen LogP contribution in [0.2, 0.25) is 0 Å². The van der Waals surface area contributed by atoms with Gasteiger partial charge in [0.25, 0.3) is 0 Å². The van der Waals surface area contributed by atoms with Crippen LogP contribution >= 0.6 is 0 Å². The highest BCUT2D eigenvalue weighted by Gasteiger charge is 2.31. The molecule has 0 radical (unpaired) electrons. The summed E-state index contributed by atoms with van der Waals surface area (Å²) < 4.78 is 44.1. The van der Waals surface area contributed by atoms with E-state index in [-0.39, 0.29) is 19.3 Å². The summed E-state index contributed by atoms with van der Waals surface area (Å²) in [6.45, 7) is 7.84. The van der Waals surface area contributed by atoms with Gasteiger partial charge in [-0.15, -0.1) is 0 Å². The molecule has 214 valence electrons. The molecule has 11 heteroatoms. The van der Waals surface area contributed by atoms with Crippen LogP contribution in [-0.4, -0.2) is 69.1 Å². The fourth-order valence-electron chi connectivity index (χ4n) is 4.03. The van der Waals surface area contributed by atoms with Gasteiger partial charge in [0, 0.05) is 19.0 Å². The molecule has 1 atom stereocenters. The van der Waals surface area contributed by atoms with Gasteiger partial charge in [0.15, 0.2) is 5.75 Å². The maximum Gasteiger partial charge on any atom is 0.410 e. The number of ether oxygens (including phenoxy) is 3. The van der Waals surface area contributed by atoms with Gasteiger partial charge in [0.2, 0.25) is 10.0 Å². The molecule has 10 nitrogen and oxygen atoms in total. The third-order valence-electron chi connectivity index (χ3n) is 5.74. The van der Waals surface area contributed by atoms with E-state index in [1.54, 1.807) is 93.3 Å². The molecule has 0 spiro atoms. The van der Waals surface area contributed by atoms with Crippen molar-refractivity contribution in [1.82, 2.24) is 4.90 Å². The second-order valence-electron chi connectivity index (χ2n) is 10.2. The summed E-state index contributed by atoms with van der Waals surface area (Å²) in [5.74, 6) is -1.24. The summed E-state index contributed by atoms with van der Waals surface area (Å²) >= 11 is 0. The monoisotopic (exact) mass is 569 g/mol. The molecular weight excluding hydrogens is 534 g/mol. The van der Waals surface area contributed by atoms with Gasteiger partial charge in [-0.25, -0.2) is 13.2 Å². The molecule has 0 N–H and O–H groups in total. The number of rotatable bonds is 10. The summed E-state index contributed by atoms with van der Waals surface area (Å²) in [7, 11) is -4.12. The number of amides is 1. The second kappa shape index (κ2) is 13.3. The van der Waals surface area contributed by atoms with Gasteiger partial charge < -0.3 is 19.1 Å². The van der Waals surface area contributed by atoms with E-state index in [9.17, 15) is 18.0 Å². The second-order valence-corrected chi connectivity index (χ2v) is 12.1. The number of carbonyl (C=O) groups is 2. The minimum atomic E-state index is -4.12. The van der Waals surface area contributed by atoms with Crippen molar-refractivity contribution in [2.45, 2.75) is 45.8 Å². The number of sulfonamides is 1. The average Bonchev–Trinajstić information content (AvgIpc) is 3.34. The van der Waals surface area contributed by atoms with Crippen LogP contribution in [0.4, 0.5) is 10.5 Å². The summed E-state index contributed by atoms with van der Waals surface area (Å²) in [6, 6.07) is 15.5. The predicted molar refractivity (Wildman–Crippen MR) is 151 cm³/mol. The Morgan fingerprint density at radius 2 is 1.93 bits per heavy atom. The summed E-state index contributed by atoms with van der Waals surface area (Å²) in [5, 5.41) is 9.13. The lowest BCUT2D eigenvalue weighted by molar-refractivity contribution is -0.139. The number of hydrogen-bond donors (Lipinski definition) is 0. The van der Waals surface area contributed by atoms with E-state index < -0.39 is 33.4 Å². The van der Waals surface area contributed by atoms with Crippen LogP contribution in [0.3, 0.4) is 0 Å². The molecule has 1 aliphatic heterocycles. The van der Waals surface area contributed by atoms with Crippen molar-refractivity contribution in [3.8, 4) is 11.8 Å². The van der Waals surface area contributed by atoms with Crippen molar-refractivity contribution >= 4 is 33.8 Å². The molecular formula is C29H35N3O7S. The molecule has 1 fully saturated rings. The highest BCUT2D eigenvalue weighted by atomic mass is 32.2. The van der Waals surface area contributed by atoms with Crippen molar-refractivity contribution < 1.29 is 32.2 Å². The number of anilines is 1. The number of esters is 1. The molecule has 2 aromatic rings. The average molecular weight is 570 g/mol. The maximum absolute atomic E-state index is 13.3. The first-order chi connectivity index (χ1) is 18.9. The van der Waals surface area contributed by atoms with Crippen LogP contribution in [0.25, 0.3) is 6.08 Å². The van der Waals surface area contributed by atoms with Gasteiger partial charge in [0.05, 0.1) is 37.0 Å². The van der Waals surface area contributed by atoms with Crippen LogP contribution in [0, 0.1) is 11.3 Å². The maximum atomic E-state index is 13.3. The Labute approximate surface area is 235 Å². The Kier molecular flexibility index (Phi) is 10.2. The Hall–Kier alpha value is -4.04. The molecule has 1 saturated heterocycles. The molecule has 1 unspecified atom stereocenters. The van der Waals surface area contributed by atoms with Crippen molar-refractivity contribution in [2.24, 2.45) is 0 Å². The first-order valence-corrected chi connectivity index (χ1v) is 14.6. The third-order valence-corrected chi connectivity index (χ3v) is 7.38. The molecule has 2 aromatic carbocycles. The number of carbonyl (C=O) groups excluding carboxylic acids is 2. The number of likely N-dealkylation sites (tertiary alicyclic amines) is 1. The molecule has 3 rings (SSSR count). The molecule has 0 bridgehead atoms. The number of hydrogen-bond acceptors (Lipinski definition) is 8. The van der Waals surface area contributed by atoms with Gasteiger partial charge in [-0.05, 0) is 57.5 Å². The van der Waals surface area contributed by atoms with E-state index in [1.807, 2.05) is 0 Å². The van der Waals surface area contributed by atoms with Crippen molar-refractivity contribution in [1.29, 1.82) is 5.26 Å². The molecule has 1 aliphatic rings. The quantitative estimate of drug-likeness (QED) is 0.387. The lowest BCUT2D eigenvalue weighted by Crippen LogP contribution is -2.36. The summed E-state index contributed by atoms with van der Waals surface area (Å²) in [4.78, 5) is 26.1. The molecule has 40 heavy (non-hydrogen) atoms. The highest BCUT2D eigenvalue weighted by Crippen LogP contribution is 2.27. The Morgan fingerprint density at radius 3 is 2.62 bits per heavy atom. The Morgan fingerprint density at radius 1 is 1.18 bits per heavy atom. The van der Waals surface area contributed by atoms with Crippen LogP contribution < -0.4 is 9.04 Å². The van der Waals surface area contributed by atoms with Crippen molar-refractivity contribution in [2.75, 3.05) is 36.3 Å². The van der Waals surface area contributed by atoms with Gasteiger partial charge >= 0.3 is 12.1 Å². The van der Waals surface area contributed by atoms with E-state index in [4.69, 9.17) is 19.5 Å². The SMILES string of the molecule is CCOC(=O)CS(=O)(=O)N(C/C=C/c1cccc(C#N)c1)c1cccc(OC2CCN(C(=O)OC(C)(C)C)C2)c1. The zero-order valence-corrected chi connectivity index (χ0v) is 24.0. The predicted octanol–water partition coefficient (Wildman–Crippen LogP) is 4.36. The van der Waals surface area contributed by atoms with Gasteiger partial charge in [-0.2, -0.15) is 5.26 Å². The summed E-state index contributed by atoms with van der Waals surface area (Å²) in [5.41, 5.74) is 0.917. The zero-order valence-electron chi connectivity index (χ0n) is 23.2. The van der Waals surface area contributed by atoms with Gasteiger partial charge in [0.1, 0.15) is 17.5 Å². The zero-order chi connectivity index (χ0) is 29.3. The standard InChI is InChI=1S/C29H35N3O7S/c1-5-37-27(33)21-40(35,36)32(15-8-11-22-9-6-10-23(17-22)19-30)24-12-7-13-25(18-24)38-26-14-16-31(20-26)28(34)39-29(2,3)4/h6-13,17-18,26H,5,14-16,20-21H2,1-4H3/b11-8+. The molecule has 1 heterocycles. The van der Waals surface area contributed by atoms with Gasteiger partial charge in [-0.1, -0.05) is 30.4 Å². The molecule has 0 saturated carbocycles. The van der Waals surface area contributed by atoms with Crippen molar-refractivity contribution in [3.05, 3.63) is 65.7 Å². The fraction of sp³-hybridized carbons (Fsp3) is 0.414. The number of benzene rings is 2. The lowest BCUT2D eigenvalue weighted by atomic mass is 10.1. The smallest absolute Gasteiger partial charge is 0.410 e. The van der Waals surface area contributed by atoms with Crippen LogP contribution in [0.5, 0.6) is 5.75 Å². The Bertz CT molecular complexity index is 1380. The largest absolute Gasteiger partial charge is 0.488 e. The first-order valence-electron chi connectivity index (χ1n) is 13.0. The van der Waals surface area contributed by atoms with Gasteiger partial charge in [-0.3, -0.25) is 9.10 Å². The van der Waals surface area contributed by atoms with E-state index in [1.165, 1.54) is 0 Å². The fourth-order valence-corrected chi connectivity index (χ4v) is 5.31. The first kappa shape index (κ1) is 30.5. The third kappa shape index (κ3) is 9.02. The van der Waals surface area contributed by atoms with E-state index in [2.05, 4.69) is 6.07 Å². The normalized spacial score (nSPS) is 15.5.